The molecule has 0 aliphatic rings. The first-order valence-corrected chi connectivity index (χ1v) is 5.00. The Morgan fingerprint density at radius 3 is 3.08 bits per heavy atom. The van der Waals surface area contributed by atoms with Crippen LogP contribution in [0, 0.1) is 0 Å². The largest absolute Gasteiger partial charge is 0.612 e. The smallest absolute Gasteiger partial charge is 0.181 e. The summed E-state index contributed by atoms with van der Waals surface area (Å²) in [6.45, 7) is 0. The molecule has 0 saturated carbocycles. The molecule has 1 aromatic heterocycles. The fraction of sp³-hybridized carbons (Fsp3) is 0.125. The van der Waals surface area contributed by atoms with E-state index in [2.05, 4.69) is 4.98 Å². The average molecular weight is 181 g/mol. The number of hydrogen-bond donors (Lipinski definition) is 0. The first kappa shape index (κ1) is 7.64. The van der Waals surface area contributed by atoms with Gasteiger partial charge in [0.05, 0.1) is 0 Å². The summed E-state index contributed by atoms with van der Waals surface area (Å²) in [6, 6.07) is 5.33. The van der Waals surface area contributed by atoms with Gasteiger partial charge in [0.25, 0.3) is 0 Å². The molecule has 3 nitrogen and oxygen atoms in total. The Labute approximate surface area is 72.6 Å². The standard InChI is InChI=1S/C8H7NO2S/c1-12(10)6-2-3-8-7(4-6)9-5-11-8/h2-5H,1H3. The summed E-state index contributed by atoms with van der Waals surface area (Å²) in [4.78, 5) is 4.74. The van der Waals surface area contributed by atoms with E-state index in [1.807, 2.05) is 0 Å². The molecule has 1 aromatic carbocycles. The van der Waals surface area contributed by atoms with Crippen molar-refractivity contribution in [2.24, 2.45) is 0 Å². The van der Waals surface area contributed by atoms with Crippen molar-refractivity contribution in [2.75, 3.05) is 6.26 Å². The minimum Gasteiger partial charge on any atom is -0.612 e. The number of fused-ring (bicyclic) bond motifs is 1. The van der Waals surface area contributed by atoms with Crippen LogP contribution in [0.5, 0.6) is 0 Å². The molecule has 4 heteroatoms. The lowest BCUT2D eigenvalue weighted by molar-refractivity contribution is 0.599. The van der Waals surface area contributed by atoms with Crippen LogP contribution < -0.4 is 0 Å². The first-order valence-electron chi connectivity index (χ1n) is 3.44. The molecule has 1 atom stereocenters. The van der Waals surface area contributed by atoms with Crippen LogP contribution in [0.1, 0.15) is 0 Å². The predicted octanol–water partition coefficient (Wildman–Crippen LogP) is 1.57. The summed E-state index contributed by atoms with van der Waals surface area (Å²) < 4.78 is 16.1. The van der Waals surface area contributed by atoms with Gasteiger partial charge in [-0.25, -0.2) is 4.98 Å². The van der Waals surface area contributed by atoms with Gasteiger partial charge in [-0.05, 0) is 23.3 Å². The third kappa shape index (κ3) is 1.19. The number of aromatic nitrogens is 1. The monoisotopic (exact) mass is 181 g/mol. The van der Waals surface area contributed by atoms with Gasteiger partial charge >= 0.3 is 0 Å². The molecule has 0 fully saturated rings. The zero-order valence-electron chi connectivity index (χ0n) is 6.48. The van der Waals surface area contributed by atoms with Gasteiger partial charge in [-0.15, -0.1) is 0 Å². The number of rotatable bonds is 1. The second-order valence-corrected chi connectivity index (χ2v) is 3.82. The van der Waals surface area contributed by atoms with E-state index in [0.29, 0.717) is 0 Å². The molecule has 62 valence electrons. The van der Waals surface area contributed by atoms with Gasteiger partial charge in [0.2, 0.25) is 0 Å². The summed E-state index contributed by atoms with van der Waals surface area (Å²) in [7, 11) is 0. The Hall–Kier alpha value is -1.00. The molecule has 12 heavy (non-hydrogen) atoms. The fourth-order valence-corrected chi connectivity index (χ4v) is 1.55. The maximum atomic E-state index is 11.1. The Balaban J connectivity index is 2.60. The van der Waals surface area contributed by atoms with Crippen molar-refractivity contribution in [1.29, 1.82) is 0 Å². The summed E-state index contributed by atoms with van der Waals surface area (Å²) >= 11 is -0.951. The van der Waals surface area contributed by atoms with Crippen molar-refractivity contribution in [3.8, 4) is 0 Å². The Kier molecular flexibility index (Phi) is 1.78. The average Bonchev–Trinajstić information content (AvgIpc) is 2.49. The van der Waals surface area contributed by atoms with E-state index in [9.17, 15) is 4.55 Å². The summed E-state index contributed by atoms with van der Waals surface area (Å²) in [5.74, 6) is 0. The molecule has 2 aromatic rings. The molecule has 0 radical (unpaired) electrons. The van der Waals surface area contributed by atoms with Crippen LogP contribution in [-0.4, -0.2) is 15.8 Å². The van der Waals surface area contributed by atoms with Crippen molar-refractivity contribution in [3.05, 3.63) is 24.6 Å². The lowest BCUT2D eigenvalue weighted by atomic mass is 10.3. The molecule has 0 spiro atoms. The molecule has 0 saturated heterocycles. The highest BCUT2D eigenvalue weighted by atomic mass is 32.2. The maximum Gasteiger partial charge on any atom is 0.181 e. The van der Waals surface area contributed by atoms with Crippen molar-refractivity contribution in [1.82, 2.24) is 4.98 Å². The van der Waals surface area contributed by atoms with E-state index in [1.54, 1.807) is 24.5 Å². The number of nitrogens with zero attached hydrogens (tertiary/aromatic N) is 1. The lowest BCUT2D eigenvalue weighted by Gasteiger charge is -2.01. The van der Waals surface area contributed by atoms with Gasteiger partial charge in [-0.3, -0.25) is 0 Å². The zero-order chi connectivity index (χ0) is 8.55. The molecular weight excluding hydrogens is 174 g/mol. The highest BCUT2D eigenvalue weighted by Gasteiger charge is 2.06. The molecule has 2 rings (SSSR count). The molecular formula is C8H7NO2S. The van der Waals surface area contributed by atoms with Crippen LogP contribution in [0.4, 0.5) is 0 Å². The van der Waals surface area contributed by atoms with Crippen LogP contribution in [0.2, 0.25) is 0 Å². The summed E-state index contributed by atoms with van der Waals surface area (Å²) in [5, 5.41) is 0. The van der Waals surface area contributed by atoms with E-state index in [0.717, 1.165) is 16.0 Å². The summed E-state index contributed by atoms with van der Waals surface area (Å²) in [5.41, 5.74) is 1.48. The molecule has 0 amide bonds. The van der Waals surface area contributed by atoms with E-state index in [-0.39, 0.29) is 0 Å². The van der Waals surface area contributed by atoms with Crippen LogP contribution >= 0.6 is 0 Å². The SMILES string of the molecule is C[S+]([O-])c1ccc2ocnc2c1. The van der Waals surface area contributed by atoms with Gasteiger partial charge < -0.3 is 8.97 Å². The summed E-state index contributed by atoms with van der Waals surface area (Å²) in [6.07, 6.45) is 3.02. The fourth-order valence-electron chi connectivity index (χ4n) is 1.02. The normalized spacial score (nSPS) is 13.5. The third-order valence-corrected chi connectivity index (χ3v) is 2.55. The highest BCUT2D eigenvalue weighted by Crippen LogP contribution is 2.17. The van der Waals surface area contributed by atoms with E-state index >= 15 is 0 Å². The zero-order valence-corrected chi connectivity index (χ0v) is 7.30. The number of benzene rings is 1. The predicted molar refractivity (Wildman–Crippen MR) is 46.3 cm³/mol. The second-order valence-electron chi connectivity index (χ2n) is 2.44. The third-order valence-electron chi connectivity index (χ3n) is 1.63. The van der Waals surface area contributed by atoms with Crippen molar-refractivity contribution < 1.29 is 8.97 Å². The Bertz CT molecular complexity index is 397. The van der Waals surface area contributed by atoms with Gasteiger partial charge in [-0.2, -0.15) is 0 Å². The minimum atomic E-state index is -0.951. The molecule has 0 aliphatic carbocycles. The number of oxazole rings is 1. The first-order chi connectivity index (χ1) is 5.77. The van der Waals surface area contributed by atoms with Crippen LogP contribution in [0.3, 0.4) is 0 Å². The quantitative estimate of drug-likeness (QED) is 0.627. The Morgan fingerprint density at radius 2 is 2.33 bits per heavy atom. The molecule has 1 heterocycles. The van der Waals surface area contributed by atoms with E-state index < -0.39 is 11.2 Å². The van der Waals surface area contributed by atoms with Crippen LogP contribution in [0.15, 0.2) is 33.9 Å². The van der Waals surface area contributed by atoms with Crippen molar-refractivity contribution >= 4 is 22.3 Å². The van der Waals surface area contributed by atoms with Gasteiger partial charge in [0.1, 0.15) is 11.8 Å². The Morgan fingerprint density at radius 1 is 1.50 bits per heavy atom. The van der Waals surface area contributed by atoms with Crippen molar-refractivity contribution in [2.45, 2.75) is 4.90 Å². The lowest BCUT2D eigenvalue weighted by Crippen LogP contribution is -1.95. The highest BCUT2D eigenvalue weighted by molar-refractivity contribution is 7.90. The van der Waals surface area contributed by atoms with Gasteiger partial charge in [0, 0.05) is 6.07 Å². The van der Waals surface area contributed by atoms with Crippen LogP contribution in [-0.2, 0) is 11.2 Å². The maximum absolute atomic E-state index is 11.1. The van der Waals surface area contributed by atoms with Crippen molar-refractivity contribution in [3.63, 3.8) is 0 Å². The molecule has 1 unspecified atom stereocenters. The van der Waals surface area contributed by atoms with Crippen LogP contribution in [0.25, 0.3) is 11.1 Å². The van der Waals surface area contributed by atoms with E-state index in [4.69, 9.17) is 4.42 Å². The molecule has 0 bridgehead atoms. The number of hydrogen-bond acceptors (Lipinski definition) is 3. The minimum absolute atomic E-state index is 0.726. The van der Waals surface area contributed by atoms with Gasteiger partial charge in [0.15, 0.2) is 16.9 Å². The molecule has 0 N–H and O–H groups in total. The van der Waals surface area contributed by atoms with Gasteiger partial charge in [-0.1, -0.05) is 0 Å². The van der Waals surface area contributed by atoms with E-state index in [1.165, 1.54) is 6.39 Å². The molecule has 0 aliphatic heterocycles. The topological polar surface area (TPSA) is 49.1 Å². The second kappa shape index (κ2) is 2.80.